The average molecular weight is 741 g/mol. The molecule has 0 aliphatic rings. The van der Waals surface area contributed by atoms with E-state index in [1.165, 1.54) is 71.9 Å². The van der Waals surface area contributed by atoms with Gasteiger partial charge >= 0.3 is 0 Å². The van der Waals surface area contributed by atoms with Crippen molar-refractivity contribution in [3.05, 3.63) is 218 Å². The Morgan fingerprint density at radius 2 is 0.741 bits per heavy atom. The maximum atomic E-state index is 6.08. The first-order valence-electron chi connectivity index (χ1n) is 19.7. The zero-order chi connectivity index (χ0) is 38.4. The van der Waals surface area contributed by atoms with E-state index < -0.39 is 0 Å². The Morgan fingerprint density at radius 1 is 0.328 bits per heavy atom. The third-order valence-corrected chi connectivity index (χ3v) is 11.3. The normalized spacial score (nSPS) is 11.4. The quantitative estimate of drug-likeness (QED) is 0.163. The fourth-order valence-corrected chi connectivity index (χ4v) is 8.55. The van der Waals surface area contributed by atoms with Crippen molar-refractivity contribution in [2.75, 3.05) is 0 Å². The van der Waals surface area contributed by atoms with Gasteiger partial charge in [0.2, 0.25) is 5.89 Å². The Morgan fingerprint density at radius 3 is 1.33 bits per heavy atom. The van der Waals surface area contributed by atoms with Crippen molar-refractivity contribution in [3.8, 4) is 72.8 Å². The molecule has 0 amide bonds. The number of hydrogen-bond acceptors (Lipinski definition) is 2. The monoisotopic (exact) mass is 740 g/mol. The predicted molar refractivity (Wildman–Crippen MR) is 241 cm³/mol. The van der Waals surface area contributed by atoms with Crippen molar-refractivity contribution in [2.45, 2.75) is 0 Å². The second-order valence-corrected chi connectivity index (χ2v) is 14.7. The second-order valence-electron chi connectivity index (χ2n) is 14.7. The summed E-state index contributed by atoms with van der Waals surface area (Å²) in [4.78, 5) is 4.72. The summed E-state index contributed by atoms with van der Waals surface area (Å²) in [7, 11) is 0. The molecule has 0 saturated carbocycles. The van der Waals surface area contributed by atoms with Crippen molar-refractivity contribution in [2.24, 2.45) is 0 Å². The Kier molecular flexibility index (Phi) is 8.15. The van der Waals surface area contributed by atoms with Gasteiger partial charge in [-0.25, -0.2) is 4.98 Å². The molecule has 272 valence electrons. The van der Waals surface area contributed by atoms with Gasteiger partial charge in [-0.3, -0.25) is 0 Å². The van der Waals surface area contributed by atoms with Crippen LogP contribution in [0.25, 0.3) is 106 Å². The third kappa shape index (κ3) is 5.80. The van der Waals surface area contributed by atoms with Crippen molar-refractivity contribution < 1.29 is 4.42 Å². The lowest BCUT2D eigenvalue weighted by Crippen LogP contribution is -1.93. The van der Waals surface area contributed by atoms with Gasteiger partial charge in [0.25, 0.3) is 0 Å². The van der Waals surface area contributed by atoms with Gasteiger partial charge < -0.3 is 8.98 Å². The summed E-state index contributed by atoms with van der Waals surface area (Å²) in [5.41, 5.74) is 18.0. The number of hydrogen-bond donors (Lipinski definition) is 0. The van der Waals surface area contributed by atoms with Crippen LogP contribution in [0, 0.1) is 0 Å². The second kappa shape index (κ2) is 14.1. The Hall–Kier alpha value is -7.75. The zero-order valence-corrected chi connectivity index (χ0v) is 31.6. The van der Waals surface area contributed by atoms with Gasteiger partial charge in [0.1, 0.15) is 5.52 Å². The number of rotatable bonds is 7. The van der Waals surface area contributed by atoms with Crippen molar-refractivity contribution in [3.63, 3.8) is 0 Å². The molecule has 11 aromatic rings. The fraction of sp³-hybridized carbons (Fsp3) is 0. The summed E-state index contributed by atoms with van der Waals surface area (Å²) in [5.74, 6) is 0.628. The molecule has 2 heterocycles. The first-order chi connectivity index (χ1) is 28.8. The lowest BCUT2D eigenvalue weighted by molar-refractivity contribution is 0.620. The van der Waals surface area contributed by atoms with E-state index in [1.54, 1.807) is 0 Å². The Labute approximate surface area is 336 Å². The predicted octanol–water partition coefficient (Wildman–Crippen LogP) is 14.9. The molecule has 0 bridgehead atoms. The molecule has 0 aliphatic heterocycles. The van der Waals surface area contributed by atoms with E-state index >= 15 is 0 Å². The molecule has 0 spiro atoms. The molecule has 3 heteroatoms. The van der Waals surface area contributed by atoms with E-state index in [1.807, 2.05) is 24.3 Å². The van der Waals surface area contributed by atoms with Gasteiger partial charge in [-0.15, -0.1) is 0 Å². The van der Waals surface area contributed by atoms with Gasteiger partial charge in [-0.05, 0) is 116 Å². The number of aromatic nitrogens is 2. The van der Waals surface area contributed by atoms with Crippen LogP contribution in [0.5, 0.6) is 0 Å². The highest BCUT2D eigenvalue weighted by Crippen LogP contribution is 2.42. The summed E-state index contributed by atoms with van der Waals surface area (Å²) < 4.78 is 8.48. The summed E-state index contributed by atoms with van der Waals surface area (Å²) >= 11 is 0. The zero-order valence-electron chi connectivity index (χ0n) is 31.6. The third-order valence-electron chi connectivity index (χ3n) is 11.3. The Balaban J connectivity index is 1.05. The standard InChI is InChI=1S/C55H36N2O/c1-3-15-37(16-4-1)43-19-7-8-21-45(43)40-31-33-52-49(35-40)50-36-41(32-34-53(50)57(52)42-17-5-2-6-18-42)46-22-10-12-24-48(46)47-23-11-9-20-44(47)38-27-29-39(30-28-38)55-56-51-25-13-14-26-54(51)58-55/h1-36H. The van der Waals surface area contributed by atoms with Gasteiger partial charge in [-0.2, -0.15) is 0 Å². The lowest BCUT2D eigenvalue weighted by Gasteiger charge is -2.15. The minimum absolute atomic E-state index is 0.628. The molecule has 0 saturated heterocycles. The number of benzene rings is 9. The molecule has 9 aromatic carbocycles. The van der Waals surface area contributed by atoms with E-state index in [2.05, 4.69) is 199 Å². The van der Waals surface area contributed by atoms with Gasteiger partial charge in [0.05, 0.1) is 11.0 Å². The van der Waals surface area contributed by atoms with Crippen LogP contribution < -0.4 is 0 Å². The number of nitrogens with zero attached hydrogens (tertiary/aromatic N) is 2. The summed E-state index contributed by atoms with van der Waals surface area (Å²) in [5, 5.41) is 2.44. The average Bonchev–Trinajstić information content (AvgIpc) is 3.89. The molecule has 3 nitrogen and oxygen atoms in total. The summed E-state index contributed by atoms with van der Waals surface area (Å²) in [6.45, 7) is 0. The molecule has 0 radical (unpaired) electrons. The van der Waals surface area contributed by atoms with Crippen molar-refractivity contribution in [1.82, 2.24) is 9.55 Å². The van der Waals surface area contributed by atoms with Crippen LogP contribution >= 0.6 is 0 Å². The van der Waals surface area contributed by atoms with Crippen molar-refractivity contribution >= 4 is 32.9 Å². The van der Waals surface area contributed by atoms with Gasteiger partial charge in [-0.1, -0.05) is 158 Å². The molecular weight excluding hydrogens is 705 g/mol. The highest BCUT2D eigenvalue weighted by atomic mass is 16.3. The molecule has 0 aliphatic carbocycles. The largest absolute Gasteiger partial charge is 0.436 e. The van der Waals surface area contributed by atoms with E-state index in [4.69, 9.17) is 9.40 Å². The Bertz CT molecular complexity index is 3230. The summed E-state index contributed by atoms with van der Waals surface area (Å²) in [6, 6.07) is 77.9. The minimum Gasteiger partial charge on any atom is -0.436 e. The SMILES string of the molecule is c1ccc(-c2ccccc2-c2ccc3c(c2)c2cc(-c4ccccc4-c4ccccc4-c4ccc(-c5nc6ccccc6o5)cc4)ccc2n3-c2ccccc2)cc1. The maximum Gasteiger partial charge on any atom is 0.227 e. The van der Waals surface area contributed by atoms with Crippen LogP contribution in [0.4, 0.5) is 0 Å². The first-order valence-corrected chi connectivity index (χ1v) is 19.7. The minimum atomic E-state index is 0.628. The van der Waals surface area contributed by atoms with E-state index in [0.717, 1.165) is 27.9 Å². The number of fused-ring (bicyclic) bond motifs is 4. The van der Waals surface area contributed by atoms with E-state index in [-0.39, 0.29) is 0 Å². The molecule has 11 rings (SSSR count). The van der Waals surface area contributed by atoms with Crippen LogP contribution in [0.2, 0.25) is 0 Å². The van der Waals surface area contributed by atoms with Gasteiger partial charge in [0, 0.05) is 22.0 Å². The fourth-order valence-electron chi connectivity index (χ4n) is 8.55. The molecule has 0 atom stereocenters. The topological polar surface area (TPSA) is 31.0 Å². The van der Waals surface area contributed by atoms with Crippen LogP contribution in [-0.4, -0.2) is 9.55 Å². The first kappa shape index (κ1) is 33.6. The molecular formula is C55H36N2O. The lowest BCUT2D eigenvalue weighted by atomic mass is 9.89. The molecule has 0 unspecified atom stereocenters. The number of para-hydroxylation sites is 3. The molecule has 0 N–H and O–H groups in total. The smallest absolute Gasteiger partial charge is 0.227 e. The maximum absolute atomic E-state index is 6.08. The van der Waals surface area contributed by atoms with Gasteiger partial charge in [0.15, 0.2) is 5.58 Å². The van der Waals surface area contributed by atoms with Crippen LogP contribution in [0.3, 0.4) is 0 Å². The molecule has 0 fully saturated rings. The number of oxazole rings is 1. The highest BCUT2D eigenvalue weighted by Gasteiger charge is 2.18. The van der Waals surface area contributed by atoms with Crippen molar-refractivity contribution in [1.29, 1.82) is 0 Å². The molecule has 58 heavy (non-hydrogen) atoms. The van der Waals surface area contributed by atoms with Crippen LogP contribution in [0.1, 0.15) is 0 Å². The van der Waals surface area contributed by atoms with Crippen LogP contribution in [-0.2, 0) is 0 Å². The van der Waals surface area contributed by atoms with Crippen LogP contribution in [0.15, 0.2) is 223 Å². The van der Waals surface area contributed by atoms with E-state index in [9.17, 15) is 0 Å². The highest BCUT2D eigenvalue weighted by molar-refractivity contribution is 6.12. The van der Waals surface area contributed by atoms with E-state index in [0.29, 0.717) is 5.89 Å². The summed E-state index contributed by atoms with van der Waals surface area (Å²) in [6.07, 6.45) is 0. The molecule has 2 aromatic heterocycles.